The lowest BCUT2D eigenvalue weighted by Crippen LogP contribution is -1.99. The first kappa shape index (κ1) is 12.8. The molecule has 102 valence electrons. The minimum Gasteiger partial charge on any atom is -0.497 e. The minimum absolute atomic E-state index is 0.433. The van der Waals surface area contributed by atoms with Crippen LogP contribution in [0.1, 0.15) is 22.6 Å². The summed E-state index contributed by atoms with van der Waals surface area (Å²) in [5.41, 5.74) is 3.95. The van der Waals surface area contributed by atoms with Crippen molar-refractivity contribution in [3.05, 3.63) is 65.2 Å². The molecule has 0 amide bonds. The van der Waals surface area contributed by atoms with Crippen LogP contribution >= 0.6 is 0 Å². The quantitative estimate of drug-likeness (QED) is 0.831. The monoisotopic (exact) mass is 266 g/mol. The Morgan fingerprint density at radius 2 is 1.65 bits per heavy atom. The van der Waals surface area contributed by atoms with E-state index in [0.29, 0.717) is 5.92 Å². The molecular weight excluding hydrogens is 248 g/mol. The molecule has 0 aliphatic heterocycles. The molecule has 1 aliphatic rings. The van der Waals surface area contributed by atoms with Gasteiger partial charge in [0.25, 0.3) is 0 Å². The summed E-state index contributed by atoms with van der Waals surface area (Å²) in [5, 5.41) is 0. The molecule has 2 aromatic carbocycles. The molecule has 1 aliphatic carbocycles. The molecule has 2 aromatic rings. The second-order valence-corrected chi connectivity index (χ2v) is 5.02. The van der Waals surface area contributed by atoms with E-state index in [0.717, 1.165) is 17.9 Å². The predicted octanol–water partition coefficient (Wildman–Crippen LogP) is 4.06. The third-order valence-corrected chi connectivity index (χ3v) is 3.77. The van der Waals surface area contributed by atoms with Crippen LogP contribution in [0.25, 0.3) is 6.08 Å². The van der Waals surface area contributed by atoms with Crippen LogP contribution in [-0.2, 0) is 6.42 Å². The lowest BCUT2D eigenvalue weighted by atomic mass is 9.93. The Morgan fingerprint density at radius 3 is 2.35 bits per heavy atom. The van der Waals surface area contributed by atoms with Crippen molar-refractivity contribution in [2.24, 2.45) is 0 Å². The summed E-state index contributed by atoms with van der Waals surface area (Å²) in [4.78, 5) is 0. The number of ether oxygens (including phenoxy) is 2. The summed E-state index contributed by atoms with van der Waals surface area (Å²) in [6.45, 7) is 0. The van der Waals surface area contributed by atoms with E-state index >= 15 is 0 Å². The van der Waals surface area contributed by atoms with Gasteiger partial charge in [0.1, 0.15) is 11.5 Å². The number of hydrogen-bond donors (Lipinski definition) is 0. The van der Waals surface area contributed by atoms with Gasteiger partial charge in [-0.25, -0.2) is 0 Å². The summed E-state index contributed by atoms with van der Waals surface area (Å²) in [6.07, 6.45) is 5.44. The van der Waals surface area contributed by atoms with Crippen LogP contribution in [0, 0.1) is 0 Å². The Hall–Kier alpha value is -2.22. The number of rotatable bonds is 4. The number of hydrogen-bond acceptors (Lipinski definition) is 2. The maximum Gasteiger partial charge on any atom is 0.122 e. The molecule has 0 saturated heterocycles. The first-order chi connectivity index (χ1) is 9.80. The van der Waals surface area contributed by atoms with Gasteiger partial charge in [-0.1, -0.05) is 36.4 Å². The first-order valence-electron chi connectivity index (χ1n) is 6.79. The molecule has 1 atom stereocenters. The Bertz CT molecular complexity index is 621. The topological polar surface area (TPSA) is 18.5 Å². The largest absolute Gasteiger partial charge is 0.497 e. The molecule has 0 aromatic heterocycles. The lowest BCUT2D eigenvalue weighted by Gasteiger charge is -2.13. The van der Waals surface area contributed by atoms with Gasteiger partial charge in [-0.2, -0.15) is 0 Å². The van der Waals surface area contributed by atoms with Gasteiger partial charge < -0.3 is 9.47 Å². The zero-order valence-electron chi connectivity index (χ0n) is 11.8. The number of methoxy groups -OCH3 is 2. The van der Waals surface area contributed by atoms with Gasteiger partial charge in [-0.15, -0.1) is 0 Å². The fraction of sp³-hybridized carbons (Fsp3) is 0.222. The van der Waals surface area contributed by atoms with E-state index in [2.05, 4.69) is 48.6 Å². The maximum absolute atomic E-state index is 5.33. The van der Waals surface area contributed by atoms with Crippen molar-refractivity contribution in [3.8, 4) is 11.5 Å². The smallest absolute Gasteiger partial charge is 0.122 e. The van der Waals surface area contributed by atoms with E-state index in [1.807, 2.05) is 6.07 Å². The second-order valence-electron chi connectivity index (χ2n) is 5.02. The van der Waals surface area contributed by atoms with Gasteiger partial charge in [-0.3, -0.25) is 0 Å². The average molecular weight is 266 g/mol. The summed E-state index contributed by atoms with van der Waals surface area (Å²) in [5.74, 6) is 2.12. The molecule has 0 N–H and O–H groups in total. The number of benzene rings is 2. The third kappa shape index (κ3) is 2.42. The molecule has 2 nitrogen and oxygen atoms in total. The molecule has 1 unspecified atom stereocenters. The van der Waals surface area contributed by atoms with E-state index in [9.17, 15) is 0 Å². The van der Waals surface area contributed by atoms with E-state index in [-0.39, 0.29) is 0 Å². The Labute approximate surface area is 119 Å². The lowest BCUT2D eigenvalue weighted by molar-refractivity contribution is 0.393. The third-order valence-electron chi connectivity index (χ3n) is 3.77. The fourth-order valence-corrected chi connectivity index (χ4v) is 2.74. The van der Waals surface area contributed by atoms with E-state index in [1.54, 1.807) is 14.2 Å². The molecular formula is C18H18O2. The number of allylic oxidation sites excluding steroid dienone is 1. The normalized spacial score (nSPS) is 16.0. The van der Waals surface area contributed by atoms with Gasteiger partial charge in [0.05, 0.1) is 14.2 Å². The van der Waals surface area contributed by atoms with Crippen molar-refractivity contribution < 1.29 is 9.47 Å². The van der Waals surface area contributed by atoms with Crippen LogP contribution in [0.2, 0.25) is 0 Å². The highest BCUT2D eigenvalue weighted by molar-refractivity contribution is 5.62. The van der Waals surface area contributed by atoms with Crippen LogP contribution in [0.5, 0.6) is 11.5 Å². The molecule has 0 fully saturated rings. The molecule has 3 rings (SSSR count). The highest BCUT2D eigenvalue weighted by Crippen LogP contribution is 2.34. The standard InChI is InChI=1S/C18H18O2/c1-19-16-10-13(11-17(12-16)20-2)9-15-8-7-14-5-3-4-6-18(14)15/h3-8,10-12,15H,9H2,1-2H3. The van der Waals surface area contributed by atoms with Crippen LogP contribution in [0.15, 0.2) is 48.5 Å². The molecule has 0 saturated carbocycles. The van der Waals surface area contributed by atoms with Crippen molar-refractivity contribution in [2.75, 3.05) is 14.2 Å². The van der Waals surface area contributed by atoms with Gasteiger partial charge in [0.15, 0.2) is 0 Å². The summed E-state index contributed by atoms with van der Waals surface area (Å²) >= 11 is 0. The SMILES string of the molecule is COc1cc(CC2C=Cc3ccccc32)cc(OC)c1. The van der Waals surface area contributed by atoms with E-state index in [4.69, 9.17) is 9.47 Å². The van der Waals surface area contributed by atoms with E-state index < -0.39 is 0 Å². The molecule has 0 heterocycles. The predicted molar refractivity (Wildman–Crippen MR) is 81.5 cm³/mol. The van der Waals surface area contributed by atoms with E-state index in [1.165, 1.54) is 16.7 Å². The van der Waals surface area contributed by atoms with Crippen molar-refractivity contribution in [3.63, 3.8) is 0 Å². The molecule has 20 heavy (non-hydrogen) atoms. The van der Waals surface area contributed by atoms with Gasteiger partial charge in [0.2, 0.25) is 0 Å². The van der Waals surface area contributed by atoms with Crippen LogP contribution in [-0.4, -0.2) is 14.2 Å². The minimum atomic E-state index is 0.433. The van der Waals surface area contributed by atoms with Crippen LogP contribution in [0.3, 0.4) is 0 Å². The summed E-state index contributed by atoms with van der Waals surface area (Å²) in [6, 6.07) is 14.6. The second kappa shape index (κ2) is 5.41. The van der Waals surface area contributed by atoms with Crippen molar-refractivity contribution >= 4 is 6.08 Å². The van der Waals surface area contributed by atoms with Crippen LogP contribution in [0.4, 0.5) is 0 Å². The van der Waals surface area contributed by atoms with Crippen molar-refractivity contribution in [1.29, 1.82) is 0 Å². The zero-order chi connectivity index (χ0) is 13.9. The van der Waals surface area contributed by atoms with Gasteiger partial charge in [0, 0.05) is 12.0 Å². The Balaban J connectivity index is 1.87. The Kier molecular flexibility index (Phi) is 3.46. The van der Waals surface area contributed by atoms with Gasteiger partial charge >= 0.3 is 0 Å². The molecule has 0 radical (unpaired) electrons. The molecule has 2 heteroatoms. The molecule has 0 bridgehead atoms. The highest BCUT2D eigenvalue weighted by Gasteiger charge is 2.17. The zero-order valence-corrected chi connectivity index (χ0v) is 11.8. The van der Waals surface area contributed by atoms with Crippen molar-refractivity contribution in [2.45, 2.75) is 12.3 Å². The first-order valence-corrected chi connectivity index (χ1v) is 6.79. The Morgan fingerprint density at radius 1 is 0.950 bits per heavy atom. The summed E-state index contributed by atoms with van der Waals surface area (Å²) in [7, 11) is 3.37. The van der Waals surface area contributed by atoms with Gasteiger partial charge in [-0.05, 0) is 35.2 Å². The molecule has 0 spiro atoms. The highest BCUT2D eigenvalue weighted by atomic mass is 16.5. The van der Waals surface area contributed by atoms with Crippen molar-refractivity contribution in [1.82, 2.24) is 0 Å². The fourth-order valence-electron chi connectivity index (χ4n) is 2.74. The van der Waals surface area contributed by atoms with Crippen LogP contribution < -0.4 is 9.47 Å². The maximum atomic E-state index is 5.33. The number of fused-ring (bicyclic) bond motifs is 1. The summed E-state index contributed by atoms with van der Waals surface area (Å²) < 4.78 is 10.7. The average Bonchev–Trinajstić information content (AvgIpc) is 2.90.